The average Bonchev–Trinajstić information content (AvgIpc) is 2.80. The van der Waals surface area contributed by atoms with Gasteiger partial charge in [0.05, 0.1) is 6.17 Å². The van der Waals surface area contributed by atoms with Gasteiger partial charge in [-0.25, -0.2) is 0 Å². The van der Waals surface area contributed by atoms with E-state index in [0.29, 0.717) is 12.5 Å². The molecule has 0 bridgehead atoms. The molecule has 108 valence electrons. The lowest BCUT2D eigenvalue weighted by molar-refractivity contribution is 0.660. The molecule has 0 spiro atoms. The Hall–Kier alpha value is -1.58. The van der Waals surface area contributed by atoms with Crippen LogP contribution in [0.15, 0.2) is 42.5 Å². The second-order valence-corrected chi connectivity index (χ2v) is 5.37. The predicted molar refractivity (Wildman–Crippen MR) is 86.9 cm³/mol. The van der Waals surface area contributed by atoms with E-state index >= 15 is 0 Å². The average molecular weight is 271 g/mol. The van der Waals surface area contributed by atoms with Crippen LogP contribution < -0.4 is 16.4 Å². The molecule has 0 amide bonds. The number of benzene rings is 1. The van der Waals surface area contributed by atoms with Crippen LogP contribution in [0.4, 0.5) is 5.69 Å². The van der Waals surface area contributed by atoms with Gasteiger partial charge in [0.15, 0.2) is 0 Å². The van der Waals surface area contributed by atoms with Gasteiger partial charge in [-0.15, -0.1) is 0 Å². The van der Waals surface area contributed by atoms with Crippen molar-refractivity contribution in [1.29, 1.82) is 0 Å². The van der Waals surface area contributed by atoms with Crippen LogP contribution in [-0.4, -0.2) is 19.3 Å². The molecule has 4 N–H and O–H groups in total. The summed E-state index contributed by atoms with van der Waals surface area (Å²) >= 11 is 0. The minimum Gasteiger partial charge on any atom is -0.352 e. The van der Waals surface area contributed by atoms with Crippen LogP contribution >= 0.6 is 0 Å². The molecule has 20 heavy (non-hydrogen) atoms. The summed E-state index contributed by atoms with van der Waals surface area (Å²) < 4.78 is 0. The number of anilines is 1. The summed E-state index contributed by atoms with van der Waals surface area (Å²) in [6.07, 6.45) is 9.24. The molecule has 0 saturated carbocycles. The number of nitrogens with zero attached hydrogens (tertiary/aromatic N) is 1. The third kappa shape index (κ3) is 3.11. The SMILES string of the molecule is C/C=C\C[C@H]1CN(C(N)/C=C\CN)c2ccc(C)cc21. The van der Waals surface area contributed by atoms with Crippen LogP contribution in [0.1, 0.15) is 30.4 Å². The zero-order valence-electron chi connectivity index (χ0n) is 12.4. The number of nitrogens with two attached hydrogens (primary N) is 2. The van der Waals surface area contributed by atoms with Crippen LogP contribution in [0.5, 0.6) is 0 Å². The summed E-state index contributed by atoms with van der Waals surface area (Å²) in [7, 11) is 0. The highest BCUT2D eigenvalue weighted by atomic mass is 15.2. The fourth-order valence-corrected chi connectivity index (χ4v) is 2.80. The summed E-state index contributed by atoms with van der Waals surface area (Å²) in [6, 6.07) is 6.64. The molecule has 0 aromatic heterocycles. The quantitative estimate of drug-likeness (QED) is 0.810. The van der Waals surface area contributed by atoms with E-state index in [1.807, 2.05) is 12.2 Å². The van der Waals surface area contributed by atoms with Crippen molar-refractivity contribution in [2.75, 3.05) is 18.0 Å². The molecular formula is C17H25N3. The van der Waals surface area contributed by atoms with Gasteiger partial charge in [-0.1, -0.05) is 42.0 Å². The first-order valence-corrected chi connectivity index (χ1v) is 7.28. The van der Waals surface area contributed by atoms with E-state index in [9.17, 15) is 0 Å². The summed E-state index contributed by atoms with van der Waals surface area (Å²) in [5.41, 5.74) is 15.8. The summed E-state index contributed by atoms with van der Waals surface area (Å²) in [4.78, 5) is 2.27. The molecule has 1 aliphatic rings. The van der Waals surface area contributed by atoms with Crippen molar-refractivity contribution in [2.24, 2.45) is 11.5 Å². The third-order valence-electron chi connectivity index (χ3n) is 3.83. The van der Waals surface area contributed by atoms with Crippen molar-refractivity contribution < 1.29 is 0 Å². The van der Waals surface area contributed by atoms with Gasteiger partial charge in [0.2, 0.25) is 0 Å². The summed E-state index contributed by atoms with van der Waals surface area (Å²) in [6.45, 7) is 5.72. The molecule has 1 aromatic rings. The molecule has 0 radical (unpaired) electrons. The van der Waals surface area contributed by atoms with Crippen molar-refractivity contribution in [3.63, 3.8) is 0 Å². The third-order valence-corrected chi connectivity index (χ3v) is 3.83. The van der Waals surface area contributed by atoms with Crippen molar-refractivity contribution in [3.05, 3.63) is 53.6 Å². The molecule has 1 unspecified atom stereocenters. The second kappa shape index (κ2) is 6.73. The zero-order chi connectivity index (χ0) is 14.5. The molecule has 0 aliphatic carbocycles. The maximum absolute atomic E-state index is 6.27. The Balaban J connectivity index is 2.28. The van der Waals surface area contributed by atoms with Gasteiger partial charge >= 0.3 is 0 Å². The van der Waals surface area contributed by atoms with Gasteiger partial charge < -0.3 is 16.4 Å². The predicted octanol–water partition coefficient (Wildman–Crippen LogP) is 2.66. The highest BCUT2D eigenvalue weighted by Crippen LogP contribution is 2.39. The molecule has 3 heteroatoms. The van der Waals surface area contributed by atoms with Crippen LogP contribution in [0, 0.1) is 6.92 Å². The number of aryl methyl sites for hydroxylation is 1. The van der Waals surface area contributed by atoms with Gasteiger partial charge in [-0.2, -0.15) is 0 Å². The molecular weight excluding hydrogens is 246 g/mol. The number of hydrogen-bond acceptors (Lipinski definition) is 3. The Morgan fingerprint density at radius 3 is 2.90 bits per heavy atom. The maximum atomic E-state index is 6.27. The van der Waals surface area contributed by atoms with Crippen LogP contribution in [0.25, 0.3) is 0 Å². The summed E-state index contributed by atoms with van der Waals surface area (Å²) in [5, 5.41) is 0. The number of fused-ring (bicyclic) bond motifs is 1. The molecule has 1 aromatic carbocycles. The number of allylic oxidation sites excluding steroid dienone is 2. The lowest BCUT2D eigenvalue weighted by Crippen LogP contribution is -2.40. The lowest BCUT2D eigenvalue weighted by Gasteiger charge is -2.25. The topological polar surface area (TPSA) is 55.3 Å². The van der Waals surface area contributed by atoms with Gasteiger partial charge in [0.1, 0.15) is 0 Å². The Morgan fingerprint density at radius 2 is 2.20 bits per heavy atom. The van der Waals surface area contributed by atoms with E-state index < -0.39 is 0 Å². The highest BCUT2D eigenvalue weighted by Gasteiger charge is 2.29. The van der Waals surface area contributed by atoms with E-state index in [1.165, 1.54) is 16.8 Å². The van der Waals surface area contributed by atoms with Crippen molar-refractivity contribution in [1.82, 2.24) is 0 Å². The monoisotopic (exact) mass is 271 g/mol. The first-order valence-electron chi connectivity index (χ1n) is 7.28. The largest absolute Gasteiger partial charge is 0.352 e. The van der Waals surface area contributed by atoms with Crippen molar-refractivity contribution in [3.8, 4) is 0 Å². The molecule has 1 aliphatic heterocycles. The first kappa shape index (κ1) is 14.8. The van der Waals surface area contributed by atoms with Gasteiger partial charge in [-0.05, 0) is 31.9 Å². The van der Waals surface area contributed by atoms with Crippen LogP contribution in [0.3, 0.4) is 0 Å². The lowest BCUT2D eigenvalue weighted by atomic mass is 9.96. The standard InChI is InChI=1S/C17H25N3/c1-3-4-6-14-12-20(17(19)7-5-10-18)16-9-8-13(2)11-15(14)16/h3-5,7-9,11,14,17H,6,10,12,18-19H2,1-2H3/b4-3-,7-5-/t14-,17?/m0/s1. The Kier molecular flexibility index (Phi) is 4.99. The van der Waals surface area contributed by atoms with Gasteiger partial charge in [-0.3, -0.25) is 0 Å². The van der Waals surface area contributed by atoms with Gasteiger partial charge in [0.25, 0.3) is 0 Å². The molecule has 0 saturated heterocycles. The smallest absolute Gasteiger partial charge is 0.0962 e. The molecule has 1 heterocycles. The minimum atomic E-state index is -0.101. The van der Waals surface area contributed by atoms with E-state index in [0.717, 1.165) is 13.0 Å². The Bertz CT molecular complexity index is 505. The van der Waals surface area contributed by atoms with Crippen LogP contribution in [0.2, 0.25) is 0 Å². The first-order chi connectivity index (χ1) is 9.67. The normalized spacial score (nSPS) is 20.0. The number of rotatable bonds is 5. The Labute approximate surface area is 122 Å². The maximum Gasteiger partial charge on any atom is 0.0962 e. The Morgan fingerprint density at radius 1 is 1.40 bits per heavy atom. The van der Waals surface area contributed by atoms with E-state index in [2.05, 4.69) is 49.1 Å². The van der Waals surface area contributed by atoms with Gasteiger partial charge in [0, 0.05) is 24.7 Å². The van der Waals surface area contributed by atoms with Crippen molar-refractivity contribution >= 4 is 5.69 Å². The molecule has 2 rings (SSSR count). The van der Waals surface area contributed by atoms with E-state index in [1.54, 1.807) is 0 Å². The van der Waals surface area contributed by atoms with Crippen LogP contribution in [-0.2, 0) is 0 Å². The number of hydrogen-bond donors (Lipinski definition) is 2. The fourth-order valence-electron chi connectivity index (χ4n) is 2.80. The van der Waals surface area contributed by atoms with Crippen molar-refractivity contribution in [2.45, 2.75) is 32.4 Å². The fraction of sp³-hybridized carbons (Fsp3) is 0.412. The van der Waals surface area contributed by atoms with E-state index in [-0.39, 0.29) is 6.17 Å². The van der Waals surface area contributed by atoms with E-state index in [4.69, 9.17) is 11.5 Å². The molecule has 3 nitrogen and oxygen atoms in total. The molecule has 2 atom stereocenters. The second-order valence-electron chi connectivity index (χ2n) is 5.37. The minimum absolute atomic E-state index is 0.101. The summed E-state index contributed by atoms with van der Waals surface area (Å²) in [5.74, 6) is 0.526. The molecule has 0 fully saturated rings. The highest BCUT2D eigenvalue weighted by molar-refractivity contribution is 5.62. The zero-order valence-corrected chi connectivity index (χ0v) is 12.4.